The second kappa shape index (κ2) is 5.16. The van der Waals surface area contributed by atoms with E-state index in [0.717, 1.165) is 5.56 Å². The van der Waals surface area contributed by atoms with Gasteiger partial charge in [-0.05, 0) is 17.7 Å². The largest absolute Gasteiger partial charge is 0.465 e. The van der Waals surface area contributed by atoms with Gasteiger partial charge in [0.25, 0.3) is 0 Å². The Morgan fingerprint density at radius 3 is 2.00 bits per heavy atom. The van der Waals surface area contributed by atoms with Crippen LogP contribution in [0.3, 0.4) is 0 Å². The van der Waals surface area contributed by atoms with Crippen LogP contribution >= 0.6 is 0 Å². The Kier molecular flexibility index (Phi) is 3.40. The molecule has 0 heterocycles. The average molecular weight is 226 g/mol. The third-order valence-corrected chi connectivity index (χ3v) is 2.32. The molecule has 2 aromatic carbocycles. The predicted octanol–water partition coefficient (Wildman–Crippen LogP) is 3.38. The van der Waals surface area contributed by atoms with Crippen molar-refractivity contribution >= 4 is 11.8 Å². The molecule has 0 atom stereocenters. The third kappa shape index (κ3) is 2.84. The lowest BCUT2D eigenvalue weighted by Gasteiger charge is -2.18. The second-order valence-electron chi connectivity index (χ2n) is 3.53. The molecule has 1 amide bonds. The number of nitrogens with zero attached hydrogens (tertiary/aromatic N) is 1. The molecule has 2 rings (SSSR count). The van der Waals surface area contributed by atoms with E-state index in [1.807, 2.05) is 48.5 Å². The van der Waals surface area contributed by atoms with Crippen LogP contribution in [-0.2, 0) is 0 Å². The van der Waals surface area contributed by atoms with Gasteiger partial charge in [0.2, 0.25) is 0 Å². The van der Waals surface area contributed by atoms with Crippen molar-refractivity contribution in [2.75, 3.05) is 4.90 Å². The third-order valence-electron chi connectivity index (χ3n) is 2.32. The van der Waals surface area contributed by atoms with Crippen molar-refractivity contribution in [1.82, 2.24) is 0 Å². The zero-order valence-electron chi connectivity index (χ0n) is 9.15. The molecule has 1 N–H and O–H groups in total. The van der Waals surface area contributed by atoms with Gasteiger partial charge in [-0.3, -0.25) is 4.90 Å². The number of para-hydroxylation sites is 1. The molecule has 3 nitrogen and oxygen atoms in total. The van der Waals surface area contributed by atoms with Crippen LogP contribution in [0.1, 0.15) is 5.56 Å². The van der Waals surface area contributed by atoms with E-state index in [9.17, 15) is 9.90 Å². The minimum absolute atomic E-state index is 0.629. The molecule has 85 valence electrons. The van der Waals surface area contributed by atoms with E-state index in [0.29, 0.717) is 5.69 Å². The molecule has 17 heavy (non-hydrogen) atoms. The summed E-state index contributed by atoms with van der Waals surface area (Å²) < 4.78 is 0. The lowest BCUT2D eigenvalue weighted by Crippen LogP contribution is -2.26. The minimum Gasteiger partial charge on any atom is -0.465 e. The summed E-state index contributed by atoms with van der Waals surface area (Å²) in [6.07, 6.45) is -1.000. The smallest absolute Gasteiger partial charge is 0.412 e. The fourth-order valence-electron chi connectivity index (χ4n) is 1.52. The van der Waals surface area contributed by atoms with Gasteiger partial charge in [-0.25, -0.2) is 4.79 Å². The molecule has 0 saturated carbocycles. The first kappa shape index (κ1) is 11.2. The Labute approximate surface area is 99.9 Å². The molecule has 0 spiro atoms. The van der Waals surface area contributed by atoms with Crippen molar-refractivity contribution in [1.29, 1.82) is 0 Å². The van der Waals surface area contributed by atoms with Crippen LogP contribution in [0.4, 0.5) is 10.5 Å². The number of hydrogen-bond donors (Lipinski definition) is 1. The van der Waals surface area contributed by atoms with Crippen LogP contribution in [0.5, 0.6) is 0 Å². The summed E-state index contributed by atoms with van der Waals surface area (Å²) in [4.78, 5) is 12.4. The van der Waals surface area contributed by atoms with Crippen molar-refractivity contribution in [3.05, 3.63) is 72.8 Å². The van der Waals surface area contributed by atoms with Gasteiger partial charge >= 0.3 is 6.09 Å². The van der Waals surface area contributed by atoms with E-state index in [2.05, 4.69) is 0 Å². The molecule has 0 aliphatic heterocycles. The number of hydrogen-bond acceptors (Lipinski definition) is 1. The van der Waals surface area contributed by atoms with Crippen molar-refractivity contribution < 1.29 is 9.90 Å². The van der Waals surface area contributed by atoms with Gasteiger partial charge in [-0.1, -0.05) is 48.5 Å². The highest BCUT2D eigenvalue weighted by molar-refractivity contribution is 5.88. The lowest BCUT2D eigenvalue weighted by molar-refractivity contribution is 0.203. The van der Waals surface area contributed by atoms with Crippen LogP contribution in [0, 0.1) is 6.54 Å². The van der Waals surface area contributed by atoms with Gasteiger partial charge in [0.05, 0.1) is 6.54 Å². The minimum atomic E-state index is -1.000. The fraction of sp³-hybridized carbons (Fsp3) is 0. The van der Waals surface area contributed by atoms with Crippen LogP contribution in [0.25, 0.3) is 0 Å². The summed E-state index contributed by atoms with van der Waals surface area (Å²) in [5.74, 6) is 0. The van der Waals surface area contributed by atoms with Gasteiger partial charge < -0.3 is 5.11 Å². The summed E-state index contributed by atoms with van der Waals surface area (Å²) in [5, 5.41) is 9.18. The van der Waals surface area contributed by atoms with Crippen LogP contribution in [0.2, 0.25) is 0 Å². The number of carboxylic acid groups (broad SMARTS) is 1. The normalized spacial score (nSPS) is 9.88. The first-order valence-electron chi connectivity index (χ1n) is 5.24. The molecule has 0 aliphatic carbocycles. The van der Waals surface area contributed by atoms with E-state index in [-0.39, 0.29) is 0 Å². The van der Waals surface area contributed by atoms with Crippen LogP contribution in [-0.4, -0.2) is 11.2 Å². The topological polar surface area (TPSA) is 40.5 Å². The lowest BCUT2D eigenvalue weighted by atomic mass is 10.2. The zero-order chi connectivity index (χ0) is 12.1. The number of amides is 1. The molecule has 0 bridgehead atoms. The second-order valence-corrected chi connectivity index (χ2v) is 3.53. The monoisotopic (exact) mass is 226 g/mol. The van der Waals surface area contributed by atoms with Crippen molar-refractivity contribution in [3.8, 4) is 0 Å². The van der Waals surface area contributed by atoms with E-state index in [4.69, 9.17) is 0 Å². The average Bonchev–Trinajstić information content (AvgIpc) is 2.38. The Bertz CT molecular complexity index is 482. The van der Waals surface area contributed by atoms with E-state index < -0.39 is 6.09 Å². The summed E-state index contributed by atoms with van der Waals surface area (Å²) >= 11 is 0. The van der Waals surface area contributed by atoms with E-state index in [1.54, 1.807) is 18.7 Å². The summed E-state index contributed by atoms with van der Waals surface area (Å²) in [5.41, 5.74) is 1.47. The Balaban J connectivity index is 2.23. The first-order chi connectivity index (χ1) is 8.27. The van der Waals surface area contributed by atoms with Crippen molar-refractivity contribution in [2.24, 2.45) is 0 Å². The number of benzene rings is 2. The van der Waals surface area contributed by atoms with E-state index in [1.165, 1.54) is 4.90 Å². The molecule has 0 aromatic heterocycles. The maximum Gasteiger partial charge on any atom is 0.412 e. The molecular formula is C14H12NO2. The number of carbonyl (C=O) groups is 1. The molecule has 0 unspecified atom stereocenters. The molecular weight excluding hydrogens is 214 g/mol. The fourth-order valence-corrected chi connectivity index (χ4v) is 1.52. The molecule has 2 aromatic rings. The SMILES string of the molecule is O=C(O)N([CH]c1ccccc1)c1ccccc1. The standard InChI is InChI=1S/C14H12NO2/c16-14(17)15(13-9-5-2-6-10-13)11-12-7-3-1-4-8-12/h1-11H,(H,16,17). The van der Waals surface area contributed by atoms with Crippen molar-refractivity contribution in [3.63, 3.8) is 0 Å². The molecule has 0 aliphatic rings. The predicted molar refractivity (Wildman–Crippen MR) is 66.8 cm³/mol. The van der Waals surface area contributed by atoms with Gasteiger partial charge in [0.15, 0.2) is 0 Å². The number of rotatable bonds is 3. The van der Waals surface area contributed by atoms with Crippen molar-refractivity contribution in [2.45, 2.75) is 0 Å². The Hall–Kier alpha value is -2.29. The molecule has 1 radical (unpaired) electrons. The Morgan fingerprint density at radius 2 is 1.47 bits per heavy atom. The zero-order valence-corrected chi connectivity index (χ0v) is 9.15. The quantitative estimate of drug-likeness (QED) is 0.871. The highest BCUT2D eigenvalue weighted by Gasteiger charge is 2.14. The number of anilines is 1. The summed E-state index contributed by atoms with van der Waals surface area (Å²) in [7, 11) is 0. The van der Waals surface area contributed by atoms with Gasteiger partial charge in [0, 0.05) is 5.69 Å². The van der Waals surface area contributed by atoms with E-state index >= 15 is 0 Å². The van der Waals surface area contributed by atoms with Gasteiger partial charge in [-0.2, -0.15) is 0 Å². The van der Waals surface area contributed by atoms with Crippen LogP contribution < -0.4 is 4.90 Å². The molecule has 3 heteroatoms. The Morgan fingerprint density at radius 1 is 0.941 bits per heavy atom. The maximum atomic E-state index is 11.2. The summed E-state index contributed by atoms with van der Waals surface area (Å²) in [6.45, 7) is 1.59. The highest BCUT2D eigenvalue weighted by atomic mass is 16.4. The molecule has 0 fully saturated rings. The van der Waals surface area contributed by atoms with Crippen LogP contribution in [0.15, 0.2) is 60.7 Å². The maximum absolute atomic E-state index is 11.2. The van der Waals surface area contributed by atoms with Gasteiger partial charge in [0.1, 0.15) is 0 Å². The highest BCUT2D eigenvalue weighted by Crippen LogP contribution is 2.18. The van der Waals surface area contributed by atoms with Gasteiger partial charge in [-0.15, -0.1) is 0 Å². The first-order valence-corrected chi connectivity index (χ1v) is 5.24. The molecule has 0 saturated heterocycles. The summed E-state index contributed by atoms with van der Waals surface area (Å²) in [6, 6.07) is 18.3.